The van der Waals surface area contributed by atoms with Gasteiger partial charge >= 0.3 is 5.97 Å². The van der Waals surface area contributed by atoms with E-state index in [1.165, 1.54) is 21.3 Å². The average molecular weight is 518 g/mol. The first-order valence-electron chi connectivity index (χ1n) is 10.6. The number of hydrogen-bond acceptors (Lipinski definition) is 6. The Morgan fingerprint density at radius 2 is 1.43 bits per heavy atom. The number of benzene rings is 3. The number of carbonyl (C=O) groups is 2. The maximum Gasteiger partial charge on any atom is 0.318 e. The van der Waals surface area contributed by atoms with Crippen LogP contribution in [0.25, 0.3) is 0 Å². The van der Waals surface area contributed by atoms with E-state index in [2.05, 4.69) is 5.32 Å². The van der Waals surface area contributed by atoms with Gasteiger partial charge in [0.25, 0.3) is 0 Å². The van der Waals surface area contributed by atoms with Crippen molar-refractivity contribution in [3.8, 4) is 17.2 Å². The van der Waals surface area contributed by atoms with E-state index in [9.17, 15) is 9.59 Å². The van der Waals surface area contributed by atoms with E-state index in [0.29, 0.717) is 38.5 Å². The highest BCUT2D eigenvalue weighted by molar-refractivity contribution is 6.35. The molecule has 184 valence electrons. The summed E-state index contributed by atoms with van der Waals surface area (Å²) in [6.45, 7) is 0.200. The molecule has 1 atom stereocenters. The Morgan fingerprint density at radius 1 is 0.857 bits per heavy atom. The number of rotatable bonds is 10. The van der Waals surface area contributed by atoms with E-state index in [1.54, 1.807) is 60.7 Å². The van der Waals surface area contributed by atoms with E-state index in [-0.39, 0.29) is 13.0 Å². The maximum atomic E-state index is 13.1. The molecule has 0 aliphatic heterocycles. The van der Waals surface area contributed by atoms with Gasteiger partial charge in [0, 0.05) is 15.6 Å². The van der Waals surface area contributed by atoms with Gasteiger partial charge in [-0.1, -0.05) is 47.5 Å². The van der Waals surface area contributed by atoms with Crippen molar-refractivity contribution in [3.05, 3.63) is 81.8 Å². The van der Waals surface area contributed by atoms with Crippen molar-refractivity contribution in [1.82, 2.24) is 0 Å². The van der Waals surface area contributed by atoms with Gasteiger partial charge in [0.1, 0.15) is 35.5 Å². The van der Waals surface area contributed by atoms with Crippen LogP contribution in [0.3, 0.4) is 0 Å². The molecule has 0 aromatic heterocycles. The molecule has 0 saturated carbocycles. The van der Waals surface area contributed by atoms with E-state index < -0.39 is 17.8 Å². The molecule has 0 saturated heterocycles. The van der Waals surface area contributed by atoms with Crippen molar-refractivity contribution in [2.75, 3.05) is 26.6 Å². The van der Waals surface area contributed by atoms with Crippen molar-refractivity contribution in [3.63, 3.8) is 0 Å². The Hall–Kier alpha value is -3.42. The molecule has 0 aliphatic carbocycles. The Balaban J connectivity index is 1.72. The summed E-state index contributed by atoms with van der Waals surface area (Å²) in [5, 5.41) is 3.78. The lowest BCUT2D eigenvalue weighted by Crippen LogP contribution is -2.32. The van der Waals surface area contributed by atoms with Gasteiger partial charge in [-0.15, -0.1) is 0 Å². The summed E-state index contributed by atoms with van der Waals surface area (Å²) in [5.41, 5.74) is 1.76. The number of esters is 1. The Kier molecular flexibility index (Phi) is 9.23. The highest BCUT2D eigenvalue weighted by atomic mass is 35.5. The van der Waals surface area contributed by atoms with Crippen molar-refractivity contribution in [1.29, 1.82) is 0 Å². The fourth-order valence-electron chi connectivity index (χ4n) is 3.39. The summed E-state index contributed by atoms with van der Waals surface area (Å²) in [5.74, 6) is -0.910. The molecule has 35 heavy (non-hydrogen) atoms. The molecule has 0 radical (unpaired) electrons. The number of para-hydroxylation sites is 1. The standard InChI is InChI=1S/C26H25Cl2NO6/c1-32-22-8-5-9-23(33-2)24(22)29-25(30)18(26(31)34-3)14-16-10-12-17(13-11-16)35-15-19-20(27)6-4-7-21(19)28/h4-13,18H,14-15H2,1-3H3,(H,29,30). The van der Waals surface area contributed by atoms with Crippen LogP contribution in [0.2, 0.25) is 10.0 Å². The van der Waals surface area contributed by atoms with Crippen LogP contribution in [-0.2, 0) is 27.4 Å². The summed E-state index contributed by atoms with van der Waals surface area (Å²) in [4.78, 5) is 25.5. The monoisotopic (exact) mass is 517 g/mol. The number of halogens is 2. The molecule has 7 nitrogen and oxygen atoms in total. The first kappa shape index (κ1) is 26.2. The van der Waals surface area contributed by atoms with Gasteiger partial charge in [-0.2, -0.15) is 0 Å². The highest BCUT2D eigenvalue weighted by Crippen LogP contribution is 2.34. The average Bonchev–Trinajstić information content (AvgIpc) is 2.87. The number of anilines is 1. The maximum absolute atomic E-state index is 13.1. The minimum Gasteiger partial charge on any atom is -0.494 e. The normalized spacial score (nSPS) is 11.3. The quantitative estimate of drug-likeness (QED) is 0.280. The number of carbonyl (C=O) groups excluding carboxylic acids is 2. The molecule has 0 aliphatic rings. The van der Waals surface area contributed by atoms with Crippen LogP contribution in [-0.4, -0.2) is 33.2 Å². The molecule has 9 heteroatoms. The van der Waals surface area contributed by atoms with Gasteiger partial charge in [0.05, 0.1) is 21.3 Å². The number of nitrogens with one attached hydrogen (secondary N) is 1. The number of methoxy groups -OCH3 is 3. The lowest BCUT2D eigenvalue weighted by atomic mass is 9.98. The molecule has 3 aromatic carbocycles. The van der Waals surface area contributed by atoms with Gasteiger partial charge in [-0.3, -0.25) is 9.59 Å². The molecular formula is C26H25Cl2NO6. The number of ether oxygens (including phenoxy) is 4. The first-order chi connectivity index (χ1) is 16.9. The second kappa shape index (κ2) is 12.3. The van der Waals surface area contributed by atoms with Crippen LogP contribution in [0.4, 0.5) is 5.69 Å². The zero-order chi connectivity index (χ0) is 25.4. The van der Waals surface area contributed by atoms with Crippen LogP contribution in [0.15, 0.2) is 60.7 Å². The largest absolute Gasteiger partial charge is 0.494 e. The fourth-order valence-corrected chi connectivity index (χ4v) is 3.90. The van der Waals surface area contributed by atoms with Gasteiger partial charge in [0.2, 0.25) is 5.91 Å². The van der Waals surface area contributed by atoms with Crippen molar-refractivity contribution in [2.24, 2.45) is 5.92 Å². The molecule has 3 rings (SSSR count). The number of amides is 1. The minimum atomic E-state index is -1.09. The molecule has 1 N–H and O–H groups in total. The van der Waals surface area contributed by atoms with Gasteiger partial charge in [-0.25, -0.2) is 0 Å². The first-order valence-corrected chi connectivity index (χ1v) is 11.4. The Labute approximate surface area is 213 Å². The van der Waals surface area contributed by atoms with Crippen molar-refractivity contribution >= 4 is 40.8 Å². The smallest absolute Gasteiger partial charge is 0.318 e. The SMILES string of the molecule is COC(=O)C(Cc1ccc(OCc2c(Cl)cccc2Cl)cc1)C(=O)Nc1c(OC)cccc1OC. The topological polar surface area (TPSA) is 83.1 Å². The van der Waals surface area contributed by atoms with E-state index >= 15 is 0 Å². The molecule has 1 unspecified atom stereocenters. The van der Waals surface area contributed by atoms with Crippen molar-refractivity contribution < 1.29 is 28.5 Å². The second-order valence-electron chi connectivity index (χ2n) is 7.44. The Morgan fingerprint density at radius 3 is 1.97 bits per heavy atom. The number of hydrogen-bond donors (Lipinski definition) is 1. The molecule has 0 bridgehead atoms. The second-order valence-corrected chi connectivity index (χ2v) is 8.25. The van der Waals surface area contributed by atoms with E-state index in [4.69, 9.17) is 42.1 Å². The van der Waals surface area contributed by atoms with Crippen LogP contribution < -0.4 is 19.5 Å². The molecule has 0 spiro atoms. The summed E-state index contributed by atoms with van der Waals surface area (Å²) in [6.07, 6.45) is 0.118. The van der Waals surface area contributed by atoms with E-state index in [1.807, 2.05) is 0 Å². The lowest BCUT2D eigenvalue weighted by molar-refractivity contribution is -0.148. The van der Waals surface area contributed by atoms with Crippen LogP contribution in [0.1, 0.15) is 11.1 Å². The van der Waals surface area contributed by atoms with Gasteiger partial charge in [-0.05, 0) is 48.4 Å². The minimum absolute atomic E-state index is 0.118. The summed E-state index contributed by atoms with van der Waals surface area (Å²) in [6, 6.07) is 17.4. The van der Waals surface area contributed by atoms with Crippen LogP contribution in [0.5, 0.6) is 17.2 Å². The summed E-state index contributed by atoms with van der Waals surface area (Å²) < 4.78 is 21.3. The molecule has 0 heterocycles. The molecule has 0 fully saturated rings. The third kappa shape index (κ3) is 6.59. The summed E-state index contributed by atoms with van der Waals surface area (Å²) in [7, 11) is 4.19. The molecule has 3 aromatic rings. The predicted molar refractivity (Wildman–Crippen MR) is 135 cm³/mol. The fraction of sp³-hybridized carbons (Fsp3) is 0.231. The summed E-state index contributed by atoms with van der Waals surface area (Å²) >= 11 is 12.4. The lowest BCUT2D eigenvalue weighted by Gasteiger charge is -2.18. The zero-order valence-electron chi connectivity index (χ0n) is 19.5. The molecule has 1 amide bonds. The highest BCUT2D eigenvalue weighted by Gasteiger charge is 2.29. The zero-order valence-corrected chi connectivity index (χ0v) is 21.0. The molecular weight excluding hydrogens is 493 g/mol. The van der Waals surface area contributed by atoms with Gasteiger partial charge in [0.15, 0.2) is 0 Å². The predicted octanol–water partition coefficient (Wildman–Crippen LogP) is 5.56. The van der Waals surface area contributed by atoms with Crippen LogP contribution >= 0.6 is 23.2 Å². The van der Waals surface area contributed by atoms with E-state index in [0.717, 1.165) is 5.56 Å². The third-order valence-electron chi connectivity index (χ3n) is 5.29. The Bertz CT molecular complexity index is 1140. The van der Waals surface area contributed by atoms with Gasteiger partial charge < -0.3 is 24.3 Å². The van der Waals surface area contributed by atoms with Crippen LogP contribution in [0, 0.1) is 5.92 Å². The van der Waals surface area contributed by atoms with Crippen molar-refractivity contribution in [2.45, 2.75) is 13.0 Å². The third-order valence-corrected chi connectivity index (χ3v) is 5.99.